The number of halogens is 1. The molecule has 2 aromatic carbocycles. The molecule has 0 aliphatic heterocycles. The number of benzene rings is 2. The highest BCUT2D eigenvalue weighted by molar-refractivity contribution is 5.99. The highest BCUT2D eigenvalue weighted by Gasteiger charge is 2.37. The largest absolute Gasteiger partial charge is 0.487 e. The summed E-state index contributed by atoms with van der Waals surface area (Å²) in [5, 5.41) is 22.7. The number of fused-ring (bicyclic) bond motifs is 1. The summed E-state index contributed by atoms with van der Waals surface area (Å²) in [6.45, 7) is 10.8. The van der Waals surface area contributed by atoms with Crippen molar-refractivity contribution in [3.63, 3.8) is 0 Å². The Balaban J connectivity index is 1.66. The van der Waals surface area contributed by atoms with Crippen LogP contribution in [0.2, 0.25) is 0 Å². The van der Waals surface area contributed by atoms with Crippen LogP contribution < -0.4 is 4.74 Å². The number of nitrogens with zero attached hydrogens (tertiary/aromatic N) is 3. The van der Waals surface area contributed by atoms with E-state index in [9.17, 15) is 24.2 Å². The molecule has 0 radical (unpaired) electrons. The third kappa shape index (κ3) is 6.70. The molecule has 0 aliphatic carbocycles. The van der Waals surface area contributed by atoms with Crippen molar-refractivity contribution >= 4 is 22.8 Å². The number of carboxylic acids is 1. The van der Waals surface area contributed by atoms with Gasteiger partial charge in [-0.05, 0) is 62.2 Å². The van der Waals surface area contributed by atoms with Gasteiger partial charge in [0.2, 0.25) is 5.91 Å². The average Bonchev–Trinajstić information content (AvgIpc) is 3.31. The standard InChI is InChI=1S/C37H38FN3O5/c1-22-7-13-26(39-19-22)21-46-27-14-15-28-30(17-27)41(34(43)36(2,3)4)31(18-37(5,6)35(44)45)32(28)33(42)24-10-8-23(9-11-24)29-16-12-25(38)20-40-29/h7-17,19-20,33,42H,18,21H2,1-6H3,(H,44,45). The van der Waals surface area contributed by atoms with Gasteiger partial charge in [0.25, 0.3) is 0 Å². The zero-order valence-corrected chi connectivity index (χ0v) is 26.8. The minimum absolute atomic E-state index is 0.0215. The first-order valence-corrected chi connectivity index (χ1v) is 15.1. The van der Waals surface area contributed by atoms with Crippen molar-refractivity contribution < 1.29 is 28.9 Å². The Hall–Kier alpha value is -4.89. The molecule has 1 atom stereocenters. The molecule has 2 N–H and O–H groups in total. The molecule has 5 aromatic rings. The van der Waals surface area contributed by atoms with E-state index in [0.717, 1.165) is 23.0 Å². The predicted molar refractivity (Wildman–Crippen MR) is 174 cm³/mol. The Morgan fingerprint density at radius 3 is 2.24 bits per heavy atom. The summed E-state index contributed by atoms with van der Waals surface area (Å²) in [5.74, 6) is -1.22. The maximum absolute atomic E-state index is 14.1. The lowest BCUT2D eigenvalue weighted by Gasteiger charge is -2.25. The van der Waals surface area contributed by atoms with Crippen LogP contribution in [0.1, 0.15) is 73.6 Å². The van der Waals surface area contributed by atoms with Crippen LogP contribution in [0.25, 0.3) is 22.2 Å². The number of hydrogen-bond donors (Lipinski definition) is 2. The third-order valence-electron chi connectivity index (χ3n) is 8.00. The van der Waals surface area contributed by atoms with Gasteiger partial charge in [-0.1, -0.05) is 51.1 Å². The van der Waals surface area contributed by atoms with Gasteiger partial charge in [0.1, 0.15) is 24.3 Å². The summed E-state index contributed by atoms with van der Waals surface area (Å²) in [7, 11) is 0. The summed E-state index contributed by atoms with van der Waals surface area (Å²) in [6, 6.07) is 19.1. The van der Waals surface area contributed by atoms with Crippen LogP contribution in [0.4, 0.5) is 4.39 Å². The van der Waals surface area contributed by atoms with E-state index in [-0.39, 0.29) is 18.9 Å². The number of carbonyl (C=O) groups is 2. The smallest absolute Gasteiger partial charge is 0.309 e. The van der Waals surface area contributed by atoms with Crippen LogP contribution in [0.3, 0.4) is 0 Å². The molecule has 0 saturated carbocycles. The number of pyridine rings is 2. The Morgan fingerprint density at radius 1 is 0.935 bits per heavy atom. The van der Waals surface area contributed by atoms with Gasteiger partial charge < -0.3 is 14.9 Å². The van der Waals surface area contributed by atoms with E-state index in [2.05, 4.69) is 9.97 Å². The first-order chi connectivity index (χ1) is 21.7. The summed E-state index contributed by atoms with van der Waals surface area (Å²) < 4.78 is 21.0. The van der Waals surface area contributed by atoms with Crippen molar-refractivity contribution in [3.8, 4) is 17.0 Å². The molecule has 0 aliphatic rings. The molecule has 238 valence electrons. The topological polar surface area (TPSA) is 115 Å². The molecule has 3 aromatic heterocycles. The van der Waals surface area contributed by atoms with Crippen molar-refractivity contribution in [2.75, 3.05) is 0 Å². The number of carbonyl (C=O) groups excluding carboxylic acids is 1. The molecule has 0 amide bonds. The van der Waals surface area contributed by atoms with Gasteiger partial charge in [0.05, 0.1) is 28.5 Å². The van der Waals surface area contributed by atoms with E-state index in [4.69, 9.17) is 4.74 Å². The van der Waals surface area contributed by atoms with E-state index in [0.29, 0.717) is 39.2 Å². The summed E-state index contributed by atoms with van der Waals surface area (Å²) in [4.78, 5) is 35.0. The van der Waals surface area contributed by atoms with E-state index in [1.165, 1.54) is 6.07 Å². The maximum atomic E-state index is 14.1. The molecule has 5 rings (SSSR count). The maximum Gasteiger partial charge on any atom is 0.309 e. The lowest BCUT2D eigenvalue weighted by atomic mass is 9.85. The minimum Gasteiger partial charge on any atom is -0.487 e. The fourth-order valence-electron chi connectivity index (χ4n) is 5.27. The zero-order chi connectivity index (χ0) is 33.4. The van der Waals surface area contributed by atoms with Crippen LogP contribution in [-0.2, 0) is 17.8 Å². The molecular formula is C37H38FN3O5. The number of aliphatic hydroxyl groups excluding tert-OH is 1. The number of aryl methyl sites for hydroxylation is 1. The van der Waals surface area contributed by atoms with Crippen LogP contribution in [0.15, 0.2) is 79.1 Å². The normalized spacial score (nSPS) is 12.7. The lowest BCUT2D eigenvalue weighted by molar-refractivity contribution is -0.146. The third-order valence-corrected chi connectivity index (χ3v) is 8.00. The first kappa shape index (κ1) is 32.5. The van der Waals surface area contributed by atoms with Crippen molar-refractivity contribution in [2.24, 2.45) is 10.8 Å². The molecule has 9 heteroatoms. The second kappa shape index (κ2) is 12.5. The van der Waals surface area contributed by atoms with Gasteiger partial charge in [0.15, 0.2) is 0 Å². The van der Waals surface area contributed by atoms with Crippen molar-refractivity contribution in [1.29, 1.82) is 0 Å². The van der Waals surface area contributed by atoms with E-state index < -0.39 is 28.7 Å². The van der Waals surface area contributed by atoms with Gasteiger partial charge >= 0.3 is 5.97 Å². The second-order valence-corrected chi connectivity index (χ2v) is 13.3. The quantitative estimate of drug-likeness (QED) is 0.174. The number of carboxylic acid groups (broad SMARTS) is 1. The molecule has 3 heterocycles. The molecular weight excluding hydrogens is 585 g/mol. The predicted octanol–water partition coefficient (Wildman–Crippen LogP) is 7.55. The minimum atomic E-state index is -1.26. The van der Waals surface area contributed by atoms with Gasteiger partial charge in [-0.2, -0.15) is 0 Å². The van der Waals surface area contributed by atoms with E-state index >= 15 is 0 Å². The van der Waals surface area contributed by atoms with Crippen molar-refractivity contribution in [1.82, 2.24) is 14.5 Å². The molecule has 46 heavy (non-hydrogen) atoms. The molecule has 0 fully saturated rings. The Kier molecular flexibility index (Phi) is 8.82. The Bertz CT molecular complexity index is 1890. The SMILES string of the molecule is Cc1ccc(COc2ccc3c(C(O)c4ccc(-c5ccc(F)cn5)cc4)c(CC(C)(C)C(=O)O)n(C(=O)C(C)(C)C)c3c2)nc1. The zero-order valence-electron chi connectivity index (χ0n) is 26.8. The van der Waals surface area contributed by atoms with Gasteiger partial charge in [0, 0.05) is 46.3 Å². The first-order valence-electron chi connectivity index (χ1n) is 15.1. The van der Waals surface area contributed by atoms with Gasteiger partial charge in [-0.25, -0.2) is 4.39 Å². The second-order valence-electron chi connectivity index (χ2n) is 13.3. The number of hydrogen-bond acceptors (Lipinski definition) is 6. The van der Waals surface area contributed by atoms with Crippen LogP contribution in [0, 0.1) is 23.6 Å². The highest BCUT2D eigenvalue weighted by atomic mass is 19.1. The Morgan fingerprint density at radius 2 is 1.65 bits per heavy atom. The molecule has 0 spiro atoms. The lowest BCUT2D eigenvalue weighted by Crippen LogP contribution is -2.32. The number of aliphatic hydroxyl groups is 1. The van der Waals surface area contributed by atoms with Crippen molar-refractivity contribution in [2.45, 2.75) is 60.7 Å². The summed E-state index contributed by atoms with van der Waals surface area (Å²) in [6.07, 6.45) is 1.69. The summed E-state index contributed by atoms with van der Waals surface area (Å²) >= 11 is 0. The molecule has 8 nitrogen and oxygen atoms in total. The molecule has 0 saturated heterocycles. The fourth-order valence-corrected chi connectivity index (χ4v) is 5.27. The summed E-state index contributed by atoms with van der Waals surface area (Å²) in [5.41, 5.74) is 2.90. The van der Waals surface area contributed by atoms with E-state index in [1.807, 2.05) is 19.1 Å². The molecule has 1 unspecified atom stereocenters. The average molecular weight is 624 g/mol. The van der Waals surface area contributed by atoms with Crippen LogP contribution in [-0.4, -0.2) is 36.6 Å². The van der Waals surface area contributed by atoms with Gasteiger partial charge in [-0.15, -0.1) is 0 Å². The number of aliphatic carboxylic acids is 1. The van der Waals surface area contributed by atoms with Crippen LogP contribution >= 0.6 is 0 Å². The van der Waals surface area contributed by atoms with Crippen molar-refractivity contribution in [3.05, 3.63) is 113 Å². The van der Waals surface area contributed by atoms with Gasteiger partial charge in [-0.3, -0.25) is 24.1 Å². The fraction of sp³-hybridized carbons (Fsp3) is 0.297. The van der Waals surface area contributed by atoms with Crippen LogP contribution in [0.5, 0.6) is 5.75 Å². The Labute approximate surface area is 267 Å². The number of rotatable bonds is 9. The monoisotopic (exact) mass is 623 g/mol. The molecule has 0 bridgehead atoms. The van der Waals surface area contributed by atoms with E-state index in [1.54, 1.807) is 93.9 Å². The number of aromatic nitrogens is 3. The highest BCUT2D eigenvalue weighted by Crippen LogP contribution is 2.41. The number of ether oxygens (including phenoxy) is 1.